The van der Waals surface area contributed by atoms with Gasteiger partial charge in [0.05, 0.1) is 0 Å². The van der Waals surface area contributed by atoms with Crippen molar-refractivity contribution in [2.45, 2.75) is 64.5 Å². The minimum atomic E-state index is -0.736. The molecule has 1 N–H and O–H groups in total. The highest BCUT2D eigenvalue weighted by molar-refractivity contribution is 7.86. The van der Waals surface area contributed by atoms with E-state index < -0.39 is 10.8 Å². The van der Waals surface area contributed by atoms with Gasteiger partial charge >= 0.3 is 0 Å². The van der Waals surface area contributed by atoms with E-state index in [0.29, 0.717) is 12.0 Å². The summed E-state index contributed by atoms with van der Waals surface area (Å²) < 4.78 is 12.2. The molecule has 15 heavy (non-hydrogen) atoms. The van der Waals surface area contributed by atoms with Gasteiger partial charge in [0, 0.05) is 27.3 Å². The van der Waals surface area contributed by atoms with Gasteiger partial charge in [-0.05, 0) is 32.7 Å². The Hall–Kier alpha value is 0.110. The number of nitrogens with one attached hydrogen (secondary N) is 1. The molecular formula is C12H27NOS. The van der Waals surface area contributed by atoms with Gasteiger partial charge < -0.3 is 5.32 Å². The van der Waals surface area contributed by atoms with Crippen molar-refractivity contribution in [1.29, 1.82) is 0 Å². The molecule has 0 amide bonds. The fourth-order valence-corrected chi connectivity index (χ4v) is 3.06. The van der Waals surface area contributed by atoms with Crippen LogP contribution in [0.1, 0.15) is 48.0 Å². The molecule has 0 aliphatic rings. The normalized spacial score (nSPS) is 19.9. The first-order chi connectivity index (χ1) is 6.91. The summed E-state index contributed by atoms with van der Waals surface area (Å²) >= 11 is 0. The van der Waals surface area contributed by atoms with Crippen LogP contribution in [-0.2, 0) is 10.8 Å². The van der Waals surface area contributed by atoms with Gasteiger partial charge in [0.1, 0.15) is 0 Å². The Labute approximate surface area is 97.7 Å². The summed E-state index contributed by atoms with van der Waals surface area (Å²) in [7, 11) is -0.736. The monoisotopic (exact) mass is 233 g/mol. The van der Waals surface area contributed by atoms with Crippen LogP contribution in [0, 0.1) is 5.92 Å². The molecule has 0 heterocycles. The number of hydrogen-bond acceptors (Lipinski definition) is 2. The third kappa shape index (κ3) is 5.12. The van der Waals surface area contributed by atoms with E-state index in [4.69, 9.17) is 0 Å². The molecule has 0 aliphatic heterocycles. The van der Waals surface area contributed by atoms with Crippen LogP contribution in [0.15, 0.2) is 0 Å². The SMILES string of the molecule is CCCNC(C)C(C)S(=O)C(C)C(C)C. The molecule has 0 radical (unpaired) electrons. The fraction of sp³-hybridized carbons (Fsp3) is 1.00. The minimum Gasteiger partial charge on any atom is -0.313 e. The van der Waals surface area contributed by atoms with E-state index in [1.165, 1.54) is 0 Å². The first kappa shape index (κ1) is 15.1. The quantitative estimate of drug-likeness (QED) is 0.732. The third-order valence-corrected chi connectivity index (χ3v) is 5.51. The third-order valence-electron chi connectivity index (χ3n) is 3.09. The number of hydrogen-bond donors (Lipinski definition) is 1. The second-order valence-electron chi connectivity index (χ2n) is 4.73. The highest BCUT2D eigenvalue weighted by Gasteiger charge is 2.24. The minimum absolute atomic E-state index is 0.231. The van der Waals surface area contributed by atoms with E-state index in [9.17, 15) is 4.21 Å². The first-order valence-corrected chi connectivity index (χ1v) is 7.32. The van der Waals surface area contributed by atoms with Crippen molar-refractivity contribution in [3.8, 4) is 0 Å². The Kier molecular flexibility index (Phi) is 7.45. The molecule has 0 aromatic heterocycles. The van der Waals surface area contributed by atoms with Crippen LogP contribution in [0.3, 0.4) is 0 Å². The topological polar surface area (TPSA) is 29.1 Å². The Morgan fingerprint density at radius 2 is 1.60 bits per heavy atom. The summed E-state index contributed by atoms with van der Waals surface area (Å²) in [6, 6.07) is 0.340. The maximum Gasteiger partial charge on any atom is 0.0473 e. The van der Waals surface area contributed by atoms with E-state index in [-0.39, 0.29) is 10.5 Å². The van der Waals surface area contributed by atoms with Crippen molar-refractivity contribution < 1.29 is 4.21 Å². The molecule has 0 saturated carbocycles. The molecule has 0 bridgehead atoms. The molecule has 0 rings (SSSR count). The van der Waals surface area contributed by atoms with Gasteiger partial charge in [-0.25, -0.2) is 0 Å². The molecule has 3 heteroatoms. The summed E-state index contributed by atoms with van der Waals surface area (Å²) in [4.78, 5) is 0. The second-order valence-corrected chi connectivity index (χ2v) is 6.87. The Balaban J connectivity index is 4.18. The van der Waals surface area contributed by atoms with Crippen molar-refractivity contribution in [1.82, 2.24) is 5.32 Å². The van der Waals surface area contributed by atoms with Crippen LogP contribution < -0.4 is 5.32 Å². The lowest BCUT2D eigenvalue weighted by molar-refractivity contribution is 0.522. The fourth-order valence-electron chi connectivity index (χ4n) is 1.35. The van der Waals surface area contributed by atoms with Gasteiger partial charge in [0.15, 0.2) is 0 Å². The lowest BCUT2D eigenvalue weighted by atomic mass is 10.2. The lowest BCUT2D eigenvalue weighted by Gasteiger charge is -2.25. The summed E-state index contributed by atoms with van der Waals surface area (Å²) in [6.07, 6.45) is 1.13. The zero-order valence-electron chi connectivity index (χ0n) is 11.0. The van der Waals surface area contributed by atoms with Gasteiger partial charge in [-0.1, -0.05) is 27.7 Å². The molecule has 0 aliphatic carbocycles. The molecule has 4 unspecified atom stereocenters. The average Bonchev–Trinajstić information content (AvgIpc) is 2.22. The molecule has 4 atom stereocenters. The Morgan fingerprint density at radius 1 is 1.07 bits per heavy atom. The van der Waals surface area contributed by atoms with Gasteiger partial charge in [0.2, 0.25) is 0 Å². The predicted octanol–water partition coefficient (Wildman–Crippen LogP) is 2.56. The van der Waals surface area contributed by atoms with Gasteiger partial charge in [-0.15, -0.1) is 0 Å². The van der Waals surface area contributed by atoms with E-state index in [0.717, 1.165) is 13.0 Å². The van der Waals surface area contributed by atoms with Gasteiger partial charge in [0.25, 0.3) is 0 Å². The smallest absolute Gasteiger partial charge is 0.0473 e. The van der Waals surface area contributed by atoms with Crippen molar-refractivity contribution in [2.75, 3.05) is 6.54 Å². The first-order valence-electron chi connectivity index (χ1n) is 6.04. The standard InChI is InChI=1S/C12H27NOS/c1-7-8-13-10(4)12(6)15(14)11(5)9(2)3/h9-13H,7-8H2,1-6H3. The Bertz CT molecular complexity index is 194. The molecule has 0 aromatic rings. The van der Waals surface area contributed by atoms with Crippen molar-refractivity contribution >= 4 is 10.8 Å². The van der Waals surface area contributed by atoms with E-state index in [1.807, 2.05) is 0 Å². The highest BCUT2D eigenvalue weighted by Crippen LogP contribution is 2.14. The summed E-state index contributed by atoms with van der Waals surface area (Å²) in [5.41, 5.74) is 0. The predicted molar refractivity (Wildman–Crippen MR) is 69.7 cm³/mol. The molecule has 0 spiro atoms. The zero-order valence-corrected chi connectivity index (χ0v) is 11.9. The maximum absolute atomic E-state index is 12.2. The highest BCUT2D eigenvalue weighted by atomic mass is 32.2. The molecule has 0 fully saturated rings. The maximum atomic E-state index is 12.2. The van der Waals surface area contributed by atoms with Crippen LogP contribution in [0.4, 0.5) is 0 Å². The van der Waals surface area contributed by atoms with Gasteiger partial charge in [-0.3, -0.25) is 4.21 Å². The van der Waals surface area contributed by atoms with Crippen LogP contribution in [0.2, 0.25) is 0 Å². The zero-order chi connectivity index (χ0) is 12.0. The van der Waals surface area contributed by atoms with E-state index >= 15 is 0 Å². The van der Waals surface area contributed by atoms with Crippen LogP contribution in [0.25, 0.3) is 0 Å². The molecular weight excluding hydrogens is 206 g/mol. The molecule has 0 saturated heterocycles. The largest absolute Gasteiger partial charge is 0.313 e. The lowest BCUT2D eigenvalue weighted by Crippen LogP contribution is -2.41. The average molecular weight is 233 g/mol. The summed E-state index contributed by atoms with van der Waals surface area (Å²) in [5, 5.41) is 3.93. The molecule has 0 aromatic carbocycles. The summed E-state index contributed by atoms with van der Waals surface area (Å²) in [6.45, 7) is 13.7. The second kappa shape index (κ2) is 7.39. The molecule has 92 valence electrons. The van der Waals surface area contributed by atoms with E-state index in [2.05, 4.69) is 46.9 Å². The van der Waals surface area contributed by atoms with Crippen molar-refractivity contribution in [2.24, 2.45) is 5.92 Å². The van der Waals surface area contributed by atoms with Crippen molar-refractivity contribution in [3.05, 3.63) is 0 Å². The van der Waals surface area contributed by atoms with Gasteiger partial charge in [-0.2, -0.15) is 0 Å². The van der Waals surface area contributed by atoms with Crippen LogP contribution in [0.5, 0.6) is 0 Å². The van der Waals surface area contributed by atoms with E-state index in [1.54, 1.807) is 0 Å². The molecule has 2 nitrogen and oxygen atoms in total. The van der Waals surface area contributed by atoms with Crippen LogP contribution in [-0.4, -0.2) is 27.3 Å². The Morgan fingerprint density at radius 3 is 2.00 bits per heavy atom. The van der Waals surface area contributed by atoms with Crippen molar-refractivity contribution in [3.63, 3.8) is 0 Å². The summed E-state index contributed by atoms with van der Waals surface area (Å²) in [5.74, 6) is 0.492. The van der Waals surface area contributed by atoms with Crippen LogP contribution >= 0.6 is 0 Å². The number of rotatable bonds is 7.